The number of nitrogens with zero attached hydrogens (tertiary/aromatic N) is 3. The highest BCUT2D eigenvalue weighted by molar-refractivity contribution is 5.46. The van der Waals surface area contributed by atoms with Gasteiger partial charge in [0.15, 0.2) is 0 Å². The van der Waals surface area contributed by atoms with Gasteiger partial charge < -0.3 is 15.0 Å². The molecule has 6 heteroatoms. The molecule has 2 atom stereocenters. The minimum atomic E-state index is 0.270. The van der Waals surface area contributed by atoms with E-state index in [1.165, 1.54) is 135 Å². The van der Waals surface area contributed by atoms with Crippen LogP contribution in [0.2, 0.25) is 0 Å². The third-order valence-corrected chi connectivity index (χ3v) is 9.34. The molecule has 2 heterocycles. The Hall–Kier alpha value is -0.690. The topological polar surface area (TPSA) is 48.1 Å². The number of ether oxygens (including phenoxy) is 1. The lowest BCUT2D eigenvalue weighted by Gasteiger charge is -2.44. The molecule has 2 unspecified atom stereocenters. The Bertz CT molecular complexity index is 572. The maximum absolute atomic E-state index is 11.8. The van der Waals surface area contributed by atoms with Crippen molar-refractivity contribution in [1.29, 1.82) is 0 Å². The zero-order chi connectivity index (χ0) is 28.5. The summed E-state index contributed by atoms with van der Waals surface area (Å²) in [4.78, 5) is 18.9. The summed E-state index contributed by atoms with van der Waals surface area (Å²) in [6.07, 6.45) is 29.7. The quantitative estimate of drug-likeness (QED) is 0.0888. The van der Waals surface area contributed by atoms with Gasteiger partial charge in [-0.1, -0.05) is 110 Å². The highest BCUT2D eigenvalue weighted by atomic mass is 16.5. The Kier molecular flexibility index (Phi) is 22.1. The number of piperidine rings is 1. The summed E-state index contributed by atoms with van der Waals surface area (Å²) in [7, 11) is 2.00. The number of morpholine rings is 1. The van der Waals surface area contributed by atoms with Crippen LogP contribution in [0.15, 0.2) is 0 Å². The SMILES string of the molecule is CCCCCCCCCCCCCCCCCC(N(C)C=O)N1CCCCC1CCNCCCN1CCOCC1. The summed E-state index contributed by atoms with van der Waals surface area (Å²) in [6, 6.07) is 0.601. The normalized spacial score (nSPS) is 19.6. The molecule has 0 aromatic heterocycles. The van der Waals surface area contributed by atoms with Crippen LogP contribution in [0.1, 0.15) is 142 Å². The van der Waals surface area contributed by atoms with E-state index in [0.717, 1.165) is 58.8 Å². The van der Waals surface area contributed by atoms with Crippen molar-refractivity contribution in [2.75, 3.05) is 59.5 Å². The van der Waals surface area contributed by atoms with Crippen molar-refractivity contribution >= 4 is 6.41 Å². The fourth-order valence-electron chi connectivity index (χ4n) is 6.74. The molecule has 0 aromatic rings. The third kappa shape index (κ3) is 16.7. The lowest BCUT2D eigenvalue weighted by atomic mass is 9.97. The Morgan fingerprint density at radius 3 is 2.00 bits per heavy atom. The van der Waals surface area contributed by atoms with Crippen LogP contribution in [0.4, 0.5) is 0 Å². The van der Waals surface area contributed by atoms with Crippen LogP contribution in [0, 0.1) is 0 Å². The minimum absolute atomic E-state index is 0.270. The maximum Gasteiger partial charge on any atom is 0.210 e. The Morgan fingerprint density at radius 1 is 0.800 bits per heavy atom. The lowest BCUT2D eigenvalue weighted by molar-refractivity contribution is -0.124. The second-order valence-corrected chi connectivity index (χ2v) is 12.7. The van der Waals surface area contributed by atoms with Gasteiger partial charge in [-0.05, 0) is 51.7 Å². The molecule has 0 bridgehead atoms. The molecule has 236 valence electrons. The largest absolute Gasteiger partial charge is 0.379 e. The molecular weight excluding hydrogens is 496 g/mol. The van der Waals surface area contributed by atoms with Crippen molar-refractivity contribution in [2.24, 2.45) is 0 Å². The molecule has 0 spiro atoms. The summed E-state index contributed by atoms with van der Waals surface area (Å²) >= 11 is 0. The molecule has 2 rings (SSSR count). The van der Waals surface area contributed by atoms with Gasteiger partial charge in [-0.15, -0.1) is 0 Å². The Morgan fingerprint density at radius 2 is 1.40 bits per heavy atom. The number of carbonyl (C=O) groups excluding carboxylic acids is 1. The average molecular weight is 565 g/mol. The van der Waals surface area contributed by atoms with E-state index in [2.05, 4.69) is 22.0 Å². The Labute approximate surface area is 249 Å². The van der Waals surface area contributed by atoms with Crippen LogP contribution in [0.5, 0.6) is 0 Å². The van der Waals surface area contributed by atoms with Crippen LogP contribution in [-0.2, 0) is 9.53 Å². The molecule has 0 aliphatic carbocycles. The molecule has 1 N–H and O–H groups in total. The monoisotopic (exact) mass is 565 g/mol. The van der Waals surface area contributed by atoms with Gasteiger partial charge in [0, 0.05) is 32.7 Å². The highest BCUT2D eigenvalue weighted by Crippen LogP contribution is 2.25. The molecule has 2 saturated heterocycles. The summed E-state index contributed by atoms with van der Waals surface area (Å²) < 4.78 is 5.45. The summed E-state index contributed by atoms with van der Waals surface area (Å²) in [5, 5.41) is 3.71. The van der Waals surface area contributed by atoms with Crippen molar-refractivity contribution in [1.82, 2.24) is 20.0 Å². The number of carbonyl (C=O) groups is 1. The van der Waals surface area contributed by atoms with Crippen LogP contribution < -0.4 is 5.32 Å². The zero-order valence-electron chi connectivity index (χ0n) is 26.9. The molecule has 2 aliphatic heterocycles. The van der Waals surface area contributed by atoms with E-state index in [1.54, 1.807) is 0 Å². The van der Waals surface area contributed by atoms with Crippen LogP contribution in [0.3, 0.4) is 0 Å². The number of amides is 1. The van der Waals surface area contributed by atoms with Crippen LogP contribution in [-0.4, -0.2) is 92.8 Å². The number of unbranched alkanes of at least 4 members (excludes halogenated alkanes) is 14. The van der Waals surface area contributed by atoms with E-state index in [9.17, 15) is 4.79 Å². The van der Waals surface area contributed by atoms with E-state index >= 15 is 0 Å². The van der Waals surface area contributed by atoms with Gasteiger partial charge in [-0.2, -0.15) is 0 Å². The van der Waals surface area contributed by atoms with Crippen molar-refractivity contribution in [3.8, 4) is 0 Å². The molecule has 0 saturated carbocycles. The molecule has 6 nitrogen and oxygen atoms in total. The zero-order valence-corrected chi connectivity index (χ0v) is 26.9. The molecule has 2 aliphatic rings. The van der Waals surface area contributed by atoms with Gasteiger partial charge in [0.2, 0.25) is 6.41 Å². The first-order chi connectivity index (χ1) is 19.8. The van der Waals surface area contributed by atoms with Crippen LogP contribution >= 0.6 is 0 Å². The second kappa shape index (κ2) is 24.9. The molecule has 2 fully saturated rings. The van der Waals surface area contributed by atoms with E-state index in [0.29, 0.717) is 6.04 Å². The fourth-order valence-corrected chi connectivity index (χ4v) is 6.74. The summed E-state index contributed by atoms with van der Waals surface area (Å²) in [5.41, 5.74) is 0. The van der Waals surface area contributed by atoms with Crippen molar-refractivity contribution in [3.63, 3.8) is 0 Å². The van der Waals surface area contributed by atoms with Crippen molar-refractivity contribution in [2.45, 2.75) is 154 Å². The minimum Gasteiger partial charge on any atom is -0.379 e. The first kappa shape index (κ1) is 35.5. The van der Waals surface area contributed by atoms with Gasteiger partial charge >= 0.3 is 0 Å². The number of hydrogen-bond acceptors (Lipinski definition) is 5. The maximum atomic E-state index is 11.8. The predicted octanol–water partition coefficient (Wildman–Crippen LogP) is 7.22. The molecular formula is C34H68N4O2. The number of hydrogen-bond donors (Lipinski definition) is 1. The van der Waals surface area contributed by atoms with E-state index < -0.39 is 0 Å². The third-order valence-electron chi connectivity index (χ3n) is 9.34. The molecule has 0 radical (unpaired) electrons. The molecule has 0 aromatic carbocycles. The first-order valence-electron chi connectivity index (χ1n) is 17.7. The highest BCUT2D eigenvalue weighted by Gasteiger charge is 2.30. The van der Waals surface area contributed by atoms with E-state index in [-0.39, 0.29) is 6.17 Å². The van der Waals surface area contributed by atoms with Gasteiger partial charge in [0.1, 0.15) is 0 Å². The van der Waals surface area contributed by atoms with Gasteiger partial charge in [0.25, 0.3) is 0 Å². The number of rotatable bonds is 26. The van der Waals surface area contributed by atoms with E-state index in [1.807, 2.05) is 11.9 Å². The molecule has 40 heavy (non-hydrogen) atoms. The Balaban J connectivity index is 1.53. The second-order valence-electron chi connectivity index (χ2n) is 12.7. The van der Waals surface area contributed by atoms with Gasteiger partial charge in [-0.3, -0.25) is 14.6 Å². The van der Waals surface area contributed by atoms with Crippen molar-refractivity contribution < 1.29 is 9.53 Å². The first-order valence-corrected chi connectivity index (χ1v) is 17.7. The smallest absolute Gasteiger partial charge is 0.210 e. The fraction of sp³-hybridized carbons (Fsp3) is 0.971. The predicted molar refractivity (Wildman–Crippen MR) is 171 cm³/mol. The lowest BCUT2D eigenvalue weighted by Crippen LogP contribution is -2.53. The average Bonchev–Trinajstić information content (AvgIpc) is 2.99. The van der Waals surface area contributed by atoms with Crippen LogP contribution in [0.25, 0.3) is 0 Å². The van der Waals surface area contributed by atoms with E-state index in [4.69, 9.17) is 4.74 Å². The number of nitrogens with one attached hydrogen (secondary N) is 1. The van der Waals surface area contributed by atoms with Gasteiger partial charge in [-0.25, -0.2) is 0 Å². The summed E-state index contributed by atoms with van der Waals surface area (Å²) in [6.45, 7) is 10.7. The van der Waals surface area contributed by atoms with Crippen molar-refractivity contribution in [3.05, 3.63) is 0 Å². The van der Waals surface area contributed by atoms with Gasteiger partial charge in [0.05, 0.1) is 19.4 Å². The molecule has 1 amide bonds. The standard InChI is InChI=1S/C34H68N4O2/c1-3-4-5-6-7-8-9-10-11-12-13-14-15-16-17-22-34(36(2)32-39)38-27-19-18-21-33(38)23-25-35-24-20-26-37-28-30-40-31-29-37/h32-35H,3-31H2,1-2H3. The summed E-state index contributed by atoms with van der Waals surface area (Å²) in [5.74, 6) is 0. The number of likely N-dealkylation sites (tertiary alicyclic amines) is 1.